The van der Waals surface area contributed by atoms with Crippen molar-refractivity contribution >= 4 is 23.5 Å². The highest BCUT2D eigenvalue weighted by molar-refractivity contribution is 6.22. The van der Waals surface area contributed by atoms with Gasteiger partial charge in [-0.05, 0) is 42.8 Å². The van der Waals surface area contributed by atoms with E-state index in [-0.39, 0.29) is 23.9 Å². The Kier molecular flexibility index (Phi) is 4.45. The number of carbonyl (C=O) groups excluding carboxylic acids is 3. The smallest absolute Gasteiger partial charge is 0.261 e. The van der Waals surface area contributed by atoms with Crippen molar-refractivity contribution in [2.75, 3.05) is 5.32 Å². The molecular weight excluding hydrogens is 354 g/mol. The number of carbonyl (C=O) groups is 3. The molecule has 28 heavy (non-hydrogen) atoms. The molecule has 0 radical (unpaired) electrons. The molecule has 1 aliphatic rings. The molecule has 6 heteroatoms. The third kappa shape index (κ3) is 3.27. The fraction of sp³-hybridized carbons (Fsp3) is 0.0909. The molecule has 3 amide bonds. The van der Waals surface area contributed by atoms with Gasteiger partial charge in [-0.25, -0.2) is 4.98 Å². The number of rotatable bonds is 4. The van der Waals surface area contributed by atoms with Crippen LogP contribution >= 0.6 is 0 Å². The Balaban J connectivity index is 1.57. The first kappa shape index (κ1) is 17.6. The van der Waals surface area contributed by atoms with Crippen LogP contribution in [0, 0.1) is 6.92 Å². The number of hydrogen-bond donors (Lipinski definition) is 1. The first-order valence-electron chi connectivity index (χ1n) is 8.82. The molecule has 2 heterocycles. The number of nitrogens with zero attached hydrogens (tertiary/aromatic N) is 2. The Morgan fingerprint density at radius 1 is 0.929 bits per heavy atom. The lowest BCUT2D eigenvalue weighted by Crippen LogP contribution is -2.29. The minimum Gasteiger partial charge on any atom is -0.307 e. The number of fused-ring (bicyclic) bond motifs is 1. The van der Waals surface area contributed by atoms with Crippen LogP contribution in [-0.2, 0) is 6.54 Å². The van der Waals surface area contributed by atoms with E-state index in [0.29, 0.717) is 16.9 Å². The maximum Gasteiger partial charge on any atom is 0.261 e. The number of hydrogen-bond acceptors (Lipinski definition) is 4. The number of pyridine rings is 1. The standard InChI is InChI=1S/C22H17N3O3/c1-14-6-5-9-19(23-14)24-20(26)16-10-11-17-18(12-16)22(28)25(21(17)27)13-15-7-3-2-4-8-15/h2-12H,13H2,1H3,(H,23,24,26). The summed E-state index contributed by atoms with van der Waals surface area (Å²) in [5.41, 5.74) is 2.49. The molecule has 1 aromatic heterocycles. The van der Waals surface area contributed by atoms with Crippen LogP contribution in [0.25, 0.3) is 0 Å². The van der Waals surface area contributed by atoms with Gasteiger partial charge in [0.25, 0.3) is 17.7 Å². The van der Waals surface area contributed by atoms with Crippen LogP contribution in [0.4, 0.5) is 5.82 Å². The van der Waals surface area contributed by atoms with Crippen molar-refractivity contribution in [3.8, 4) is 0 Å². The third-order valence-electron chi connectivity index (χ3n) is 4.55. The highest BCUT2D eigenvalue weighted by Crippen LogP contribution is 2.26. The SMILES string of the molecule is Cc1cccc(NC(=O)c2ccc3c(c2)C(=O)N(Cc2ccccc2)C3=O)n1. The highest BCUT2D eigenvalue weighted by Gasteiger charge is 2.36. The monoisotopic (exact) mass is 371 g/mol. The molecule has 138 valence electrons. The number of anilines is 1. The van der Waals surface area contributed by atoms with Gasteiger partial charge in [0.15, 0.2) is 0 Å². The molecule has 1 aliphatic heterocycles. The Morgan fingerprint density at radius 2 is 1.68 bits per heavy atom. The molecule has 6 nitrogen and oxygen atoms in total. The number of nitrogens with one attached hydrogen (secondary N) is 1. The molecule has 3 aromatic rings. The number of benzene rings is 2. The van der Waals surface area contributed by atoms with E-state index in [4.69, 9.17) is 0 Å². The van der Waals surface area contributed by atoms with Gasteiger partial charge < -0.3 is 5.32 Å². The van der Waals surface area contributed by atoms with Crippen LogP contribution in [0.2, 0.25) is 0 Å². The molecular formula is C22H17N3O3. The number of aryl methyl sites for hydroxylation is 1. The quantitative estimate of drug-likeness (QED) is 0.713. The lowest BCUT2D eigenvalue weighted by molar-refractivity contribution is 0.0642. The minimum absolute atomic E-state index is 0.196. The van der Waals surface area contributed by atoms with Gasteiger partial charge in [-0.3, -0.25) is 19.3 Å². The Bertz CT molecular complexity index is 1090. The molecule has 0 saturated heterocycles. The van der Waals surface area contributed by atoms with E-state index >= 15 is 0 Å². The van der Waals surface area contributed by atoms with Crippen LogP contribution in [0.1, 0.15) is 42.3 Å². The highest BCUT2D eigenvalue weighted by atomic mass is 16.2. The molecule has 0 atom stereocenters. The molecule has 0 unspecified atom stereocenters. The van der Waals surface area contributed by atoms with Crippen molar-refractivity contribution in [1.82, 2.24) is 9.88 Å². The summed E-state index contributed by atoms with van der Waals surface area (Å²) < 4.78 is 0. The second-order valence-electron chi connectivity index (χ2n) is 6.56. The second kappa shape index (κ2) is 7.08. The van der Waals surface area contributed by atoms with Gasteiger partial charge in [-0.15, -0.1) is 0 Å². The van der Waals surface area contributed by atoms with Crippen molar-refractivity contribution in [1.29, 1.82) is 0 Å². The summed E-state index contributed by atoms with van der Waals surface area (Å²) in [6.45, 7) is 2.03. The zero-order valence-electron chi connectivity index (χ0n) is 15.2. The van der Waals surface area contributed by atoms with Gasteiger partial charge in [-0.1, -0.05) is 36.4 Å². The second-order valence-corrected chi connectivity index (χ2v) is 6.56. The molecule has 1 N–H and O–H groups in total. The fourth-order valence-corrected chi connectivity index (χ4v) is 3.14. The van der Waals surface area contributed by atoms with Crippen molar-refractivity contribution in [2.45, 2.75) is 13.5 Å². The molecule has 0 fully saturated rings. The molecule has 0 spiro atoms. The molecule has 0 aliphatic carbocycles. The Labute approximate surface area is 161 Å². The fourth-order valence-electron chi connectivity index (χ4n) is 3.14. The van der Waals surface area contributed by atoms with Crippen LogP contribution < -0.4 is 5.32 Å². The van der Waals surface area contributed by atoms with Gasteiger partial charge in [0.2, 0.25) is 0 Å². The maximum atomic E-state index is 12.8. The average molecular weight is 371 g/mol. The molecule has 0 bridgehead atoms. The van der Waals surface area contributed by atoms with E-state index in [9.17, 15) is 14.4 Å². The van der Waals surface area contributed by atoms with Crippen LogP contribution in [0.15, 0.2) is 66.7 Å². The molecule has 0 saturated carbocycles. The largest absolute Gasteiger partial charge is 0.307 e. The summed E-state index contributed by atoms with van der Waals surface area (Å²) in [5, 5.41) is 2.71. The first-order chi connectivity index (χ1) is 13.5. The van der Waals surface area contributed by atoms with Crippen LogP contribution in [-0.4, -0.2) is 27.6 Å². The van der Waals surface area contributed by atoms with E-state index in [1.54, 1.807) is 18.2 Å². The van der Waals surface area contributed by atoms with Crippen molar-refractivity contribution in [2.24, 2.45) is 0 Å². The predicted octanol–water partition coefficient (Wildman–Crippen LogP) is 3.44. The summed E-state index contributed by atoms with van der Waals surface area (Å²) in [7, 11) is 0. The minimum atomic E-state index is -0.396. The number of aromatic nitrogens is 1. The normalized spacial score (nSPS) is 12.8. The van der Waals surface area contributed by atoms with E-state index < -0.39 is 5.91 Å². The summed E-state index contributed by atoms with van der Waals surface area (Å²) in [5.74, 6) is -0.704. The summed E-state index contributed by atoms with van der Waals surface area (Å²) in [6, 6.07) is 19.2. The summed E-state index contributed by atoms with van der Waals surface area (Å²) in [6.07, 6.45) is 0. The predicted molar refractivity (Wildman–Crippen MR) is 104 cm³/mol. The topological polar surface area (TPSA) is 79.4 Å². The van der Waals surface area contributed by atoms with Crippen molar-refractivity contribution < 1.29 is 14.4 Å². The van der Waals surface area contributed by atoms with E-state index in [0.717, 1.165) is 11.3 Å². The van der Waals surface area contributed by atoms with Gasteiger partial charge in [-0.2, -0.15) is 0 Å². The Morgan fingerprint density at radius 3 is 2.43 bits per heavy atom. The van der Waals surface area contributed by atoms with E-state index in [2.05, 4.69) is 10.3 Å². The van der Waals surface area contributed by atoms with Gasteiger partial charge in [0.1, 0.15) is 5.82 Å². The Hall–Kier alpha value is -3.80. The lowest BCUT2D eigenvalue weighted by Gasteiger charge is -2.13. The van der Waals surface area contributed by atoms with Gasteiger partial charge in [0.05, 0.1) is 17.7 Å². The number of amides is 3. The molecule has 4 rings (SSSR count). The molecule has 2 aromatic carbocycles. The maximum absolute atomic E-state index is 12.8. The summed E-state index contributed by atoms with van der Waals surface area (Å²) in [4.78, 5) is 43.3. The zero-order valence-corrected chi connectivity index (χ0v) is 15.2. The first-order valence-corrected chi connectivity index (χ1v) is 8.82. The summed E-state index contributed by atoms with van der Waals surface area (Å²) >= 11 is 0. The van der Waals surface area contributed by atoms with E-state index in [1.165, 1.54) is 17.0 Å². The van der Waals surface area contributed by atoms with Crippen LogP contribution in [0.3, 0.4) is 0 Å². The van der Waals surface area contributed by atoms with E-state index in [1.807, 2.05) is 43.3 Å². The lowest BCUT2D eigenvalue weighted by atomic mass is 10.1. The van der Waals surface area contributed by atoms with Crippen LogP contribution in [0.5, 0.6) is 0 Å². The average Bonchev–Trinajstić information content (AvgIpc) is 2.93. The van der Waals surface area contributed by atoms with Crippen molar-refractivity contribution in [3.63, 3.8) is 0 Å². The van der Waals surface area contributed by atoms with Gasteiger partial charge in [0, 0.05) is 11.3 Å². The number of imide groups is 1. The zero-order chi connectivity index (χ0) is 19.7. The third-order valence-corrected chi connectivity index (χ3v) is 4.55. The van der Waals surface area contributed by atoms with Crippen molar-refractivity contribution in [3.05, 3.63) is 94.7 Å². The van der Waals surface area contributed by atoms with Gasteiger partial charge >= 0.3 is 0 Å².